The highest BCUT2D eigenvalue weighted by molar-refractivity contribution is 9.08. The first-order valence-electron chi connectivity index (χ1n) is 4.41. The Bertz CT molecular complexity index is 393. The Morgan fingerprint density at radius 3 is 2.75 bits per heavy atom. The van der Waals surface area contributed by atoms with Crippen molar-refractivity contribution in [1.29, 1.82) is 5.26 Å². The maximum atomic E-state index is 12.8. The monoisotopic (exact) mass is 290 g/mol. The summed E-state index contributed by atoms with van der Waals surface area (Å²) < 4.78 is 30.4. The van der Waals surface area contributed by atoms with E-state index in [0.717, 1.165) is 0 Å². The van der Waals surface area contributed by atoms with Crippen LogP contribution >= 0.6 is 15.9 Å². The Labute approximate surface area is 100 Å². The predicted molar refractivity (Wildman–Crippen MR) is 57.7 cm³/mol. The summed E-state index contributed by atoms with van der Waals surface area (Å²) in [6, 6.07) is 3.40. The molecule has 0 saturated carbocycles. The van der Waals surface area contributed by atoms with Gasteiger partial charge in [-0.3, -0.25) is 0 Å². The Hall–Kier alpha value is -1.22. The molecule has 0 fully saturated rings. The summed E-state index contributed by atoms with van der Waals surface area (Å²) in [5, 5.41) is 8.80. The molecule has 0 N–H and O–H groups in total. The van der Waals surface area contributed by atoms with Gasteiger partial charge in [-0.2, -0.15) is 5.26 Å². The zero-order chi connectivity index (χ0) is 12.1. The molecular weight excluding hydrogens is 282 g/mol. The molecule has 86 valence electrons. The van der Waals surface area contributed by atoms with Crippen LogP contribution in [0.1, 0.15) is 23.2 Å². The lowest BCUT2D eigenvalue weighted by molar-refractivity contribution is 0.145. The van der Waals surface area contributed by atoms with Crippen LogP contribution in [0.15, 0.2) is 6.07 Å². The van der Waals surface area contributed by atoms with Gasteiger partial charge in [-0.25, -0.2) is 13.8 Å². The van der Waals surface area contributed by atoms with Crippen LogP contribution in [-0.2, 0) is 11.8 Å². The minimum Gasteiger partial charge on any atom is -0.481 e. The number of rotatable bonds is 4. The van der Waals surface area contributed by atoms with Gasteiger partial charge in [-0.05, 0) is 11.6 Å². The van der Waals surface area contributed by atoms with Gasteiger partial charge in [0.05, 0.1) is 30.9 Å². The highest BCUT2D eigenvalue weighted by atomic mass is 79.9. The average Bonchev–Trinajstić information content (AvgIpc) is 2.27. The quantitative estimate of drug-likeness (QED) is 0.801. The van der Waals surface area contributed by atoms with Crippen LogP contribution in [-0.4, -0.2) is 12.1 Å². The van der Waals surface area contributed by atoms with Crippen LogP contribution in [0.4, 0.5) is 8.78 Å². The van der Waals surface area contributed by atoms with Crippen LogP contribution in [0.5, 0.6) is 5.88 Å². The number of nitriles is 1. The number of aromatic nitrogens is 1. The fraction of sp³-hybridized carbons (Fsp3) is 0.400. The maximum Gasteiger partial charge on any atom is 0.269 e. The lowest BCUT2D eigenvalue weighted by atomic mass is 10.1. The zero-order valence-corrected chi connectivity index (χ0v) is 10.1. The smallest absolute Gasteiger partial charge is 0.269 e. The molecule has 0 aliphatic rings. The van der Waals surface area contributed by atoms with Gasteiger partial charge < -0.3 is 4.74 Å². The molecule has 0 unspecified atom stereocenters. The zero-order valence-electron chi connectivity index (χ0n) is 8.51. The van der Waals surface area contributed by atoms with Crippen molar-refractivity contribution in [2.75, 3.05) is 7.11 Å². The molecular formula is C10H9BrF2N2O. The molecule has 0 spiro atoms. The largest absolute Gasteiger partial charge is 0.481 e. The molecule has 16 heavy (non-hydrogen) atoms. The molecule has 1 rings (SSSR count). The van der Waals surface area contributed by atoms with Crippen LogP contribution in [0, 0.1) is 11.3 Å². The standard InChI is InChI=1S/C10H9BrF2N2O/c1-16-10-8(9(12)13)6(5-11)4-7(15-10)2-3-14/h4,9H,2,5H2,1H3. The average molecular weight is 291 g/mol. The second-order valence-corrected chi connectivity index (χ2v) is 3.53. The molecule has 0 aromatic carbocycles. The summed E-state index contributed by atoms with van der Waals surface area (Å²) in [6.45, 7) is 0. The van der Waals surface area contributed by atoms with Crippen molar-refractivity contribution in [2.45, 2.75) is 18.2 Å². The highest BCUT2D eigenvalue weighted by Gasteiger charge is 2.20. The second kappa shape index (κ2) is 5.75. The fourth-order valence-electron chi connectivity index (χ4n) is 1.31. The van der Waals surface area contributed by atoms with E-state index in [-0.39, 0.29) is 23.2 Å². The molecule has 0 saturated heterocycles. The molecule has 1 aromatic rings. The van der Waals surface area contributed by atoms with E-state index in [0.29, 0.717) is 11.3 Å². The number of alkyl halides is 3. The molecule has 0 amide bonds. The maximum absolute atomic E-state index is 12.8. The minimum atomic E-state index is -2.65. The van der Waals surface area contributed by atoms with E-state index >= 15 is 0 Å². The summed E-state index contributed by atoms with van der Waals surface area (Å²) in [5.41, 5.74) is 0.603. The Balaban J connectivity index is 3.32. The number of hydrogen-bond acceptors (Lipinski definition) is 3. The van der Waals surface area contributed by atoms with Gasteiger partial charge in [0.25, 0.3) is 6.43 Å². The van der Waals surface area contributed by atoms with Crippen molar-refractivity contribution in [3.63, 3.8) is 0 Å². The van der Waals surface area contributed by atoms with Gasteiger partial charge in [-0.1, -0.05) is 15.9 Å². The third kappa shape index (κ3) is 2.67. The van der Waals surface area contributed by atoms with Gasteiger partial charge >= 0.3 is 0 Å². The van der Waals surface area contributed by atoms with Crippen molar-refractivity contribution in [1.82, 2.24) is 4.98 Å². The summed E-state index contributed by atoms with van der Waals surface area (Å²) in [5.74, 6) is -0.114. The van der Waals surface area contributed by atoms with E-state index in [4.69, 9.17) is 10.00 Å². The number of hydrogen-bond donors (Lipinski definition) is 0. The molecule has 0 atom stereocenters. The summed E-state index contributed by atoms with van der Waals surface area (Å²) in [4.78, 5) is 3.87. The Morgan fingerprint density at radius 2 is 2.31 bits per heavy atom. The van der Waals surface area contributed by atoms with Crippen molar-refractivity contribution >= 4 is 15.9 Å². The third-order valence-corrected chi connectivity index (χ3v) is 2.58. The Kier molecular flexibility index (Phi) is 4.62. The first-order valence-corrected chi connectivity index (χ1v) is 5.54. The summed E-state index contributed by atoms with van der Waals surface area (Å²) in [6.07, 6.45) is -2.58. The van der Waals surface area contributed by atoms with Crippen molar-refractivity contribution < 1.29 is 13.5 Å². The molecule has 0 radical (unpaired) electrons. The Morgan fingerprint density at radius 1 is 1.62 bits per heavy atom. The second-order valence-electron chi connectivity index (χ2n) is 2.96. The molecule has 0 aliphatic carbocycles. The molecule has 0 bridgehead atoms. The minimum absolute atomic E-state index is 0.0693. The van der Waals surface area contributed by atoms with Gasteiger partial charge in [0.2, 0.25) is 5.88 Å². The van der Waals surface area contributed by atoms with Gasteiger partial charge in [-0.15, -0.1) is 0 Å². The van der Waals surface area contributed by atoms with E-state index in [1.165, 1.54) is 13.2 Å². The van der Waals surface area contributed by atoms with Crippen LogP contribution in [0.25, 0.3) is 0 Å². The van der Waals surface area contributed by atoms with E-state index in [1.54, 1.807) is 0 Å². The van der Waals surface area contributed by atoms with E-state index in [1.807, 2.05) is 6.07 Å². The molecule has 0 aliphatic heterocycles. The predicted octanol–water partition coefficient (Wildman–Crippen LogP) is 2.99. The van der Waals surface area contributed by atoms with E-state index < -0.39 is 6.43 Å². The van der Waals surface area contributed by atoms with Crippen molar-refractivity contribution in [2.24, 2.45) is 0 Å². The topological polar surface area (TPSA) is 45.9 Å². The van der Waals surface area contributed by atoms with E-state index in [2.05, 4.69) is 20.9 Å². The number of nitrogens with zero attached hydrogens (tertiary/aromatic N) is 2. The first kappa shape index (κ1) is 12.8. The summed E-state index contributed by atoms with van der Waals surface area (Å²) >= 11 is 3.13. The highest BCUT2D eigenvalue weighted by Crippen LogP contribution is 2.32. The van der Waals surface area contributed by atoms with Crippen molar-refractivity contribution in [3.8, 4) is 11.9 Å². The third-order valence-electron chi connectivity index (χ3n) is 1.98. The van der Waals surface area contributed by atoms with Gasteiger partial charge in [0.1, 0.15) is 0 Å². The van der Waals surface area contributed by atoms with Crippen molar-refractivity contribution in [3.05, 3.63) is 22.9 Å². The molecule has 1 aromatic heterocycles. The molecule has 3 nitrogen and oxygen atoms in total. The number of pyridine rings is 1. The molecule has 6 heteroatoms. The SMILES string of the molecule is COc1nc(CC#N)cc(CBr)c1C(F)F. The summed E-state index contributed by atoms with van der Waals surface area (Å²) in [7, 11) is 1.28. The van der Waals surface area contributed by atoms with Gasteiger partial charge in [0.15, 0.2) is 0 Å². The molecule has 1 heterocycles. The lowest BCUT2D eigenvalue weighted by Crippen LogP contribution is -2.03. The van der Waals surface area contributed by atoms with Crippen LogP contribution in [0.3, 0.4) is 0 Å². The number of halogens is 3. The van der Waals surface area contributed by atoms with Gasteiger partial charge in [0, 0.05) is 5.33 Å². The number of ether oxygens (including phenoxy) is 1. The number of methoxy groups -OCH3 is 1. The van der Waals surface area contributed by atoms with E-state index in [9.17, 15) is 8.78 Å². The van der Waals surface area contributed by atoms with Crippen LogP contribution in [0.2, 0.25) is 0 Å². The fourth-order valence-corrected chi connectivity index (χ4v) is 1.77. The lowest BCUT2D eigenvalue weighted by Gasteiger charge is -2.12. The first-order chi connectivity index (χ1) is 7.63. The normalized spacial score (nSPS) is 10.2. The van der Waals surface area contributed by atoms with Crippen LogP contribution < -0.4 is 4.74 Å².